The zero-order valence-corrected chi connectivity index (χ0v) is 17.7. The third-order valence-electron chi connectivity index (χ3n) is 4.45. The maximum atomic E-state index is 12.0. The number of carbonyl (C=O) groups is 2. The number of aromatic amines is 1. The lowest BCUT2D eigenvalue weighted by Crippen LogP contribution is -2.69. The number of nitrogens with zero attached hydrogens (tertiary/aromatic N) is 2. The summed E-state index contributed by atoms with van der Waals surface area (Å²) in [5.74, 6) is -1.71. The van der Waals surface area contributed by atoms with Crippen molar-refractivity contribution in [2.75, 3.05) is 26.4 Å². The molecule has 3 rings (SSSR count). The molecule has 0 aromatic carbocycles. The number of aromatic nitrogens is 1. The molecule has 4 N–H and O–H groups in total. The van der Waals surface area contributed by atoms with Gasteiger partial charge in [-0.2, -0.15) is 0 Å². The van der Waals surface area contributed by atoms with Gasteiger partial charge in [0.1, 0.15) is 24.5 Å². The fourth-order valence-electron chi connectivity index (χ4n) is 3.32. The van der Waals surface area contributed by atoms with E-state index in [2.05, 4.69) is 4.98 Å². The number of quaternary nitrogens is 1. The minimum Gasteiger partial charge on any atom is -0.543 e. The molecule has 0 aliphatic carbocycles. The van der Waals surface area contributed by atoms with Gasteiger partial charge in [0.25, 0.3) is 0 Å². The Labute approximate surface area is 178 Å². The van der Waals surface area contributed by atoms with Crippen molar-refractivity contribution in [3.8, 4) is 5.75 Å². The van der Waals surface area contributed by atoms with Gasteiger partial charge in [-0.15, -0.1) is 36.6 Å². The van der Waals surface area contributed by atoms with Crippen molar-refractivity contribution in [1.29, 1.82) is 0 Å². The molecule has 1 aromatic rings. The van der Waals surface area contributed by atoms with Crippen molar-refractivity contribution < 1.29 is 24.3 Å². The number of nitrogens with two attached hydrogens (primary N) is 1. The highest BCUT2D eigenvalue weighted by Crippen LogP contribution is 2.39. The molecule has 9 nitrogen and oxygen atoms in total. The van der Waals surface area contributed by atoms with Crippen LogP contribution in [0.25, 0.3) is 0 Å². The smallest absolute Gasteiger partial charge is 0.248 e. The zero-order valence-electron chi connectivity index (χ0n) is 15.2. The van der Waals surface area contributed by atoms with Crippen molar-refractivity contribution in [2.24, 2.45) is 5.73 Å². The fraction of sp³-hybridized carbons (Fsp3) is 0.438. The van der Waals surface area contributed by atoms with E-state index in [1.54, 1.807) is 0 Å². The number of carboxylic acids is 1. The number of β-lactam (4-membered cyclic amide) rings is 1. The summed E-state index contributed by atoms with van der Waals surface area (Å²) in [6, 6.07) is 0.632. The minimum atomic E-state index is -1.39. The molecule has 156 valence electrons. The number of halogens is 2. The third kappa shape index (κ3) is 4.47. The molecule has 1 aromatic heterocycles. The average molecular weight is 453 g/mol. The molecule has 2 aliphatic rings. The maximum Gasteiger partial charge on any atom is 0.248 e. The number of fused-ring (bicyclic) bond motifs is 1. The Bertz CT molecular complexity index is 873. The molecule has 3 heterocycles. The van der Waals surface area contributed by atoms with E-state index in [0.29, 0.717) is 34.6 Å². The van der Waals surface area contributed by atoms with Crippen LogP contribution in [0.4, 0.5) is 0 Å². The minimum absolute atomic E-state index is 0. The van der Waals surface area contributed by atoms with E-state index >= 15 is 0 Å². The van der Waals surface area contributed by atoms with Gasteiger partial charge in [0, 0.05) is 23.6 Å². The van der Waals surface area contributed by atoms with E-state index < -0.39 is 23.3 Å². The average Bonchev–Trinajstić information content (AvgIpc) is 2.56. The molecule has 0 unspecified atom stereocenters. The summed E-state index contributed by atoms with van der Waals surface area (Å²) in [5.41, 5.74) is 6.36. The predicted octanol–water partition coefficient (Wildman–Crippen LogP) is -1.25. The molecular formula is C16H22Cl2N4O5S. The third-order valence-corrected chi connectivity index (χ3v) is 5.81. The molecule has 12 heteroatoms. The van der Waals surface area contributed by atoms with E-state index in [4.69, 9.17) is 5.73 Å². The van der Waals surface area contributed by atoms with Gasteiger partial charge in [0.05, 0.1) is 31.5 Å². The van der Waals surface area contributed by atoms with Crippen molar-refractivity contribution in [1.82, 2.24) is 9.88 Å². The lowest BCUT2D eigenvalue weighted by atomic mass is 10.0. The zero-order chi connectivity index (χ0) is 19.2. The van der Waals surface area contributed by atoms with Gasteiger partial charge in [-0.25, -0.2) is 0 Å². The predicted molar refractivity (Wildman–Crippen MR) is 107 cm³/mol. The Morgan fingerprint density at radius 2 is 2.04 bits per heavy atom. The number of likely N-dealkylation sites (N-methyl/N-ethyl adjacent to an activating group) is 1. The fourth-order valence-corrected chi connectivity index (χ4v) is 4.60. The summed E-state index contributed by atoms with van der Waals surface area (Å²) in [6.07, 6.45) is 1.23. The summed E-state index contributed by atoms with van der Waals surface area (Å²) in [4.78, 5) is 39.3. The van der Waals surface area contributed by atoms with Crippen LogP contribution < -0.4 is 16.3 Å². The number of aliphatic carboxylic acids is 1. The lowest BCUT2D eigenvalue weighted by Gasteiger charge is -2.50. The summed E-state index contributed by atoms with van der Waals surface area (Å²) in [7, 11) is 3.76. The summed E-state index contributed by atoms with van der Waals surface area (Å²) in [5, 5.41) is 20.6. The number of nitrogens with one attached hydrogen (secondary N) is 1. The van der Waals surface area contributed by atoms with Gasteiger partial charge in [-0.1, -0.05) is 0 Å². The summed E-state index contributed by atoms with van der Waals surface area (Å²) in [6.45, 7) is 0.756. The number of hydrogen-bond acceptors (Lipinski definition) is 7. The lowest BCUT2D eigenvalue weighted by molar-refractivity contribution is -0.899. The first-order chi connectivity index (χ1) is 12.1. The van der Waals surface area contributed by atoms with Gasteiger partial charge >= 0.3 is 0 Å². The van der Waals surface area contributed by atoms with E-state index in [9.17, 15) is 24.6 Å². The number of thioether (sulfide) groups is 1. The van der Waals surface area contributed by atoms with Gasteiger partial charge in [-0.3, -0.25) is 14.5 Å². The van der Waals surface area contributed by atoms with Crippen LogP contribution in [0.15, 0.2) is 28.3 Å². The molecule has 1 amide bonds. The molecule has 1 saturated heterocycles. The number of amides is 1. The first-order valence-corrected chi connectivity index (χ1v) is 9.02. The molecule has 0 radical (unpaired) electrons. The van der Waals surface area contributed by atoms with Gasteiger partial charge in [0.15, 0.2) is 5.75 Å². The van der Waals surface area contributed by atoms with Crippen LogP contribution in [-0.2, 0) is 16.1 Å². The monoisotopic (exact) mass is 452 g/mol. The number of pyridine rings is 1. The largest absolute Gasteiger partial charge is 0.543 e. The summed E-state index contributed by atoms with van der Waals surface area (Å²) < 4.78 is 0.339. The SMILES string of the molecule is C[N+](C)(CC1=C(C(=O)[O-])N2C(=O)[C@@H](N)[C@H]2SC1)Cc1cc(=O)c(O)c[nH]1.Cl.Cl. The van der Waals surface area contributed by atoms with Crippen molar-refractivity contribution >= 4 is 48.5 Å². The molecule has 1 fully saturated rings. The number of hydrogen-bond donors (Lipinski definition) is 3. The highest BCUT2D eigenvalue weighted by atomic mass is 35.5. The second-order valence-corrected chi connectivity index (χ2v) is 8.24. The Balaban J connectivity index is 0.00000196. The first kappa shape index (κ1) is 24.3. The molecule has 0 bridgehead atoms. The standard InChI is InChI=1S/C16H20N4O5S.2ClH/c1-20(2,6-9-3-10(21)11(22)4-18-9)5-8-7-26-15-12(17)14(23)19(15)13(8)16(24)25;;/h3-4,12,15H,5-7,17H2,1-2H3,(H2-,18,21,22,24,25);2*1H/t12-,15-;;/m1../s1. The van der Waals surface area contributed by atoms with Crippen LogP contribution in [0, 0.1) is 0 Å². The quantitative estimate of drug-likeness (QED) is 0.374. The Morgan fingerprint density at radius 1 is 1.39 bits per heavy atom. The highest BCUT2D eigenvalue weighted by molar-refractivity contribution is 8.00. The number of carbonyl (C=O) groups excluding carboxylic acids is 2. The van der Waals surface area contributed by atoms with E-state index in [1.807, 2.05) is 14.1 Å². The Hall–Kier alpha value is -1.72. The van der Waals surface area contributed by atoms with E-state index in [-0.39, 0.29) is 41.6 Å². The number of rotatable bonds is 5. The first-order valence-electron chi connectivity index (χ1n) is 7.97. The highest BCUT2D eigenvalue weighted by Gasteiger charge is 2.50. The van der Waals surface area contributed by atoms with E-state index in [0.717, 1.165) is 0 Å². The molecule has 0 spiro atoms. The van der Waals surface area contributed by atoms with Gasteiger partial charge < -0.3 is 30.2 Å². The van der Waals surface area contributed by atoms with Crippen LogP contribution in [0.3, 0.4) is 0 Å². The Kier molecular flexibility index (Phi) is 7.60. The normalized spacial score (nSPS) is 21.2. The number of H-pyrrole nitrogens is 1. The van der Waals surface area contributed by atoms with Crippen LogP contribution in [0.5, 0.6) is 5.75 Å². The summed E-state index contributed by atoms with van der Waals surface area (Å²) >= 11 is 1.44. The second kappa shape index (κ2) is 8.75. The van der Waals surface area contributed by atoms with E-state index in [1.165, 1.54) is 28.9 Å². The number of aromatic hydroxyl groups is 1. The Morgan fingerprint density at radius 3 is 2.61 bits per heavy atom. The van der Waals surface area contributed by atoms with Crippen LogP contribution in [0.2, 0.25) is 0 Å². The second-order valence-electron chi connectivity index (χ2n) is 7.13. The molecule has 2 atom stereocenters. The molecule has 28 heavy (non-hydrogen) atoms. The van der Waals surface area contributed by atoms with Crippen LogP contribution in [0.1, 0.15) is 5.69 Å². The topological polar surface area (TPSA) is 140 Å². The number of carboxylic acid groups (broad SMARTS) is 1. The maximum absolute atomic E-state index is 12.0. The van der Waals surface area contributed by atoms with Crippen molar-refractivity contribution in [2.45, 2.75) is 18.0 Å². The molecule has 2 aliphatic heterocycles. The molecular weight excluding hydrogens is 431 g/mol. The van der Waals surface area contributed by atoms with Gasteiger partial charge in [-0.05, 0) is 0 Å². The molecule has 0 saturated carbocycles. The van der Waals surface area contributed by atoms with Crippen LogP contribution >= 0.6 is 36.6 Å². The van der Waals surface area contributed by atoms with Gasteiger partial charge in [0.2, 0.25) is 11.3 Å². The van der Waals surface area contributed by atoms with Crippen LogP contribution in [-0.4, -0.2) is 69.2 Å². The van der Waals surface area contributed by atoms with Crippen molar-refractivity contribution in [3.05, 3.63) is 39.5 Å². The van der Waals surface area contributed by atoms with Crippen molar-refractivity contribution in [3.63, 3.8) is 0 Å².